The number of hydrogen-bond donors (Lipinski definition) is 4. The molecule has 158 valence electrons. The van der Waals surface area contributed by atoms with Crippen LogP contribution in [0.25, 0.3) is 0 Å². The van der Waals surface area contributed by atoms with Crippen molar-refractivity contribution in [1.82, 2.24) is 14.9 Å². The summed E-state index contributed by atoms with van der Waals surface area (Å²) in [6.07, 6.45) is 0.764. The van der Waals surface area contributed by atoms with Crippen LogP contribution in [-0.4, -0.2) is 57.4 Å². The number of urea groups is 1. The Hall–Kier alpha value is -2.33. The van der Waals surface area contributed by atoms with E-state index < -0.39 is 22.0 Å². The highest BCUT2D eigenvalue weighted by Crippen LogP contribution is 2.27. The van der Waals surface area contributed by atoms with Gasteiger partial charge in [-0.2, -0.15) is 4.31 Å². The lowest BCUT2D eigenvalue weighted by Gasteiger charge is -2.20. The van der Waals surface area contributed by atoms with Gasteiger partial charge >= 0.3 is 6.03 Å². The van der Waals surface area contributed by atoms with Crippen molar-refractivity contribution in [3.8, 4) is 0 Å². The molecule has 0 aliphatic heterocycles. The van der Waals surface area contributed by atoms with Crippen LogP contribution in [0.3, 0.4) is 0 Å². The molecule has 0 aliphatic rings. The highest BCUT2D eigenvalue weighted by molar-refractivity contribution is 7.89. The average Bonchev–Trinajstić information content (AvgIpc) is 2.66. The van der Waals surface area contributed by atoms with Crippen molar-refractivity contribution in [2.45, 2.75) is 39.0 Å². The number of carbonyl (C=O) groups excluding carboxylic acids is 2. The molecule has 0 saturated heterocycles. The quantitative estimate of drug-likeness (QED) is 0.439. The maximum absolute atomic E-state index is 12.7. The average molecular weight is 414 g/mol. The van der Waals surface area contributed by atoms with Gasteiger partial charge in [0.05, 0.1) is 22.8 Å². The van der Waals surface area contributed by atoms with Gasteiger partial charge in [0, 0.05) is 26.2 Å². The Morgan fingerprint density at radius 3 is 2.25 bits per heavy atom. The van der Waals surface area contributed by atoms with Gasteiger partial charge in [0.2, 0.25) is 15.9 Å². The summed E-state index contributed by atoms with van der Waals surface area (Å²) in [6.45, 7) is 9.04. The fraction of sp³-hybridized carbons (Fsp3) is 0.556. The van der Waals surface area contributed by atoms with Crippen molar-refractivity contribution in [1.29, 1.82) is 0 Å². The first-order chi connectivity index (χ1) is 13.3. The molecule has 0 fully saturated rings. The van der Waals surface area contributed by atoms with Crippen molar-refractivity contribution < 1.29 is 18.0 Å². The Kier molecular flexibility index (Phi) is 9.74. The maximum Gasteiger partial charge on any atom is 0.321 e. The van der Waals surface area contributed by atoms with Crippen LogP contribution in [0.1, 0.15) is 34.1 Å². The van der Waals surface area contributed by atoms with Gasteiger partial charge in [-0.15, -0.1) is 0 Å². The summed E-state index contributed by atoms with van der Waals surface area (Å²) >= 11 is 0. The van der Waals surface area contributed by atoms with E-state index in [4.69, 9.17) is 0 Å². The van der Waals surface area contributed by atoms with Crippen molar-refractivity contribution in [2.75, 3.05) is 43.4 Å². The zero-order valence-electron chi connectivity index (χ0n) is 17.0. The second-order valence-electron chi connectivity index (χ2n) is 5.98. The Labute approximate surface area is 167 Å². The number of anilines is 2. The van der Waals surface area contributed by atoms with Gasteiger partial charge in [-0.1, -0.05) is 20.8 Å². The predicted molar refractivity (Wildman–Crippen MR) is 111 cm³/mol. The number of benzene rings is 1. The van der Waals surface area contributed by atoms with E-state index in [2.05, 4.69) is 21.3 Å². The van der Waals surface area contributed by atoms with E-state index in [9.17, 15) is 18.0 Å². The first-order valence-corrected chi connectivity index (χ1v) is 10.9. The second-order valence-corrected chi connectivity index (χ2v) is 7.92. The van der Waals surface area contributed by atoms with E-state index in [-0.39, 0.29) is 11.4 Å². The summed E-state index contributed by atoms with van der Waals surface area (Å²) in [5.74, 6) is -0.520. The molecule has 0 aliphatic carbocycles. The molecular weight excluding hydrogens is 382 g/mol. The maximum atomic E-state index is 12.7. The van der Waals surface area contributed by atoms with Crippen LogP contribution >= 0.6 is 0 Å². The van der Waals surface area contributed by atoms with Crippen LogP contribution in [-0.2, 0) is 14.8 Å². The summed E-state index contributed by atoms with van der Waals surface area (Å²) in [7, 11) is -3.62. The van der Waals surface area contributed by atoms with Gasteiger partial charge in [0.25, 0.3) is 0 Å². The molecule has 9 nitrogen and oxygen atoms in total. The molecule has 1 aromatic rings. The standard InChI is InChI=1S/C18H31N5O4S/c1-5-11-20-18(25)22-17(24)13-21-16-12-14(9-10-15(16)19-6-2)28(26,27)23(7-3)8-4/h9-10,12,19,21H,5-8,11,13H2,1-4H3,(H2,20,22,24,25). The fourth-order valence-electron chi connectivity index (χ4n) is 2.52. The molecule has 4 N–H and O–H groups in total. The SMILES string of the molecule is CCCNC(=O)NC(=O)CNc1cc(S(=O)(=O)N(CC)CC)ccc1NCC. The number of nitrogens with one attached hydrogen (secondary N) is 4. The minimum Gasteiger partial charge on any atom is -0.384 e. The number of imide groups is 1. The number of rotatable bonds is 11. The number of sulfonamides is 1. The number of nitrogens with zero attached hydrogens (tertiary/aromatic N) is 1. The molecule has 3 amide bonds. The molecule has 10 heteroatoms. The van der Waals surface area contributed by atoms with E-state index in [0.717, 1.165) is 6.42 Å². The lowest BCUT2D eigenvalue weighted by molar-refractivity contribution is -0.118. The molecular formula is C18H31N5O4S. The van der Waals surface area contributed by atoms with Crippen LogP contribution in [0.2, 0.25) is 0 Å². The zero-order chi connectivity index (χ0) is 21.2. The molecule has 0 saturated carbocycles. The Balaban J connectivity index is 2.97. The molecule has 0 bridgehead atoms. The van der Waals surface area contributed by atoms with Crippen molar-refractivity contribution in [3.05, 3.63) is 18.2 Å². The van der Waals surface area contributed by atoms with Crippen LogP contribution < -0.4 is 21.3 Å². The Bertz CT molecular complexity index is 763. The van der Waals surface area contributed by atoms with Gasteiger partial charge in [0.15, 0.2) is 0 Å². The minimum atomic E-state index is -3.62. The van der Waals surface area contributed by atoms with Crippen LogP contribution in [0.15, 0.2) is 23.1 Å². The lowest BCUT2D eigenvalue weighted by atomic mass is 10.2. The fourth-order valence-corrected chi connectivity index (χ4v) is 4.00. The molecule has 0 radical (unpaired) electrons. The van der Waals surface area contributed by atoms with Gasteiger partial charge in [-0.3, -0.25) is 10.1 Å². The van der Waals surface area contributed by atoms with Gasteiger partial charge in [0.1, 0.15) is 0 Å². The molecule has 1 aromatic carbocycles. The summed E-state index contributed by atoms with van der Waals surface area (Å²) in [5, 5.41) is 10.8. The Morgan fingerprint density at radius 1 is 1.00 bits per heavy atom. The molecule has 0 atom stereocenters. The van der Waals surface area contributed by atoms with Crippen LogP contribution in [0.4, 0.5) is 16.2 Å². The van der Waals surface area contributed by atoms with Crippen LogP contribution in [0.5, 0.6) is 0 Å². The van der Waals surface area contributed by atoms with E-state index >= 15 is 0 Å². The highest BCUT2D eigenvalue weighted by atomic mass is 32.2. The molecule has 0 heterocycles. The minimum absolute atomic E-state index is 0.140. The molecule has 0 aromatic heterocycles. The molecule has 28 heavy (non-hydrogen) atoms. The normalized spacial score (nSPS) is 11.2. The van der Waals surface area contributed by atoms with Crippen molar-refractivity contribution in [3.63, 3.8) is 0 Å². The van der Waals surface area contributed by atoms with E-state index in [0.29, 0.717) is 37.6 Å². The van der Waals surface area contributed by atoms with Crippen molar-refractivity contribution in [2.24, 2.45) is 0 Å². The monoisotopic (exact) mass is 413 g/mol. The summed E-state index contributed by atoms with van der Waals surface area (Å²) in [5.41, 5.74) is 1.14. The third kappa shape index (κ3) is 6.68. The molecule has 0 spiro atoms. The highest BCUT2D eigenvalue weighted by Gasteiger charge is 2.22. The first kappa shape index (κ1) is 23.7. The zero-order valence-corrected chi connectivity index (χ0v) is 17.8. The van der Waals surface area contributed by atoms with Crippen molar-refractivity contribution >= 4 is 33.3 Å². The lowest BCUT2D eigenvalue weighted by Crippen LogP contribution is -2.42. The largest absolute Gasteiger partial charge is 0.384 e. The second kappa shape index (κ2) is 11.5. The van der Waals surface area contributed by atoms with E-state index in [1.807, 2.05) is 13.8 Å². The summed E-state index contributed by atoms with van der Waals surface area (Å²) < 4.78 is 26.9. The van der Waals surface area contributed by atoms with E-state index in [1.165, 1.54) is 16.4 Å². The molecule has 0 unspecified atom stereocenters. The summed E-state index contributed by atoms with van der Waals surface area (Å²) in [4.78, 5) is 23.7. The third-order valence-corrected chi connectivity index (χ3v) is 5.98. The summed E-state index contributed by atoms with van der Waals surface area (Å²) in [6, 6.07) is 4.14. The van der Waals surface area contributed by atoms with Gasteiger partial charge in [-0.25, -0.2) is 13.2 Å². The van der Waals surface area contributed by atoms with Crippen LogP contribution in [0, 0.1) is 0 Å². The number of hydrogen-bond acceptors (Lipinski definition) is 6. The number of amides is 3. The van der Waals surface area contributed by atoms with Gasteiger partial charge < -0.3 is 16.0 Å². The smallest absolute Gasteiger partial charge is 0.321 e. The third-order valence-electron chi connectivity index (χ3n) is 3.93. The Morgan fingerprint density at radius 2 is 1.68 bits per heavy atom. The predicted octanol–water partition coefficient (Wildman–Crippen LogP) is 1.80. The molecule has 1 rings (SSSR count). The van der Waals surface area contributed by atoms with E-state index in [1.54, 1.807) is 19.9 Å². The van der Waals surface area contributed by atoms with Gasteiger partial charge in [-0.05, 0) is 31.5 Å². The first-order valence-electron chi connectivity index (χ1n) is 9.49. The topological polar surface area (TPSA) is 120 Å². The number of carbonyl (C=O) groups is 2.